The Labute approximate surface area is 139 Å². The first-order chi connectivity index (χ1) is 11.3. The highest BCUT2D eigenvalue weighted by molar-refractivity contribution is 7.85. The van der Waals surface area contributed by atoms with Gasteiger partial charge in [0.05, 0.1) is 16.3 Å². The van der Waals surface area contributed by atoms with Gasteiger partial charge in [-0.3, -0.25) is 0 Å². The van der Waals surface area contributed by atoms with Crippen molar-refractivity contribution in [3.63, 3.8) is 0 Å². The largest absolute Gasteiger partial charge is 0.744 e. The van der Waals surface area contributed by atoms with Crippen LogP contribution in [0.4, 0.5) is 5.82 Å². The molecule has 24 heavy (non-hydrogen) atoms. The lowest BCUT2D eigenvalue weighted by Gasteiger charge is -2.15. The topological polar surface area (TPSA) is 110 Å². The van der Waals surface area contributed by atoms with E-state index in [1.54, 1.807) is 49.4 Å². The molecule has 0 spiro atoms. The van der Waals surface area contributed by atoms with Crippen molar-refractivity contribution in [2.24, 2.45) is 0 Å². The highest BCUT2D eigenvalue weighted by atomic mass is 32.2. The first-order valence-electron chi connectivity index (χ1n) is 7.00. The van der Waals surface area contributed by atoms with Crippen molar-refractivity contribution in [3.8, 4) is 17.2 Å². The molecule has 0 fully saturated rings. The predicted molar refractivity (Wildman–Crippen MR) is 87.2 cm³/mol. The normalized spacial score (nSPS) is 11.4. The van der Waals surface area contributed by atoms with Gasteiger partial charge in [0.15, 0.2) is 0 Å². The predicted octanol–water partition coefficient (Wildman–Crippen LogP) is 2.46. The number of aryl methyl sites for hydroxylation is 1. The van der Waals surface area contributed by atoms with E-state index in [2.05, 4.69) is 5.10 Å². The van der Waals surface area contributed by atoms with E-state index in [0.29, 0.717) is 22.9 Å². The number of para-hydroxylation sites is 1. The van der Waals surface area contributed by atoms with Crippen LogP contribution < -0.4 is 10.5 Å². The van der Waals surface area contributed by atoms with Crippen molar-refractivity contribution in [2.45, 2.75) is 11.8 Å². The van der Waals surface area contributed by atoms with E-state index in [9.17, 15) is 13.0 Å². The summed E-state index contributed by atoms with van der Waals surface area (Å²) in [7, 11) is -4.75. The lowest BCUT2D eigenvalue weighted by molar-refractivity contribution is 0.440. The van der Waals surface area contributed by atoms with Crippen LogP contribution in [-0.2, 0) is 10.1 Å². The second kappa shape index (κ2) is 5.99. The van der Waals surface area contributed by atoms with Gasteiger partial charge in [0.2, 0.25) is 0 Å². The summed E-state index contributed by atoms with van der Waals surface area (Å²) in [5.41, 5.74) is 6.86. The summed E-state index contributed by atoms with van der Waals surface area (Å²) < 4.78 is 41.7. The minimum absolute atomic E-state index is 0.0533. The van der Waals surface area contributed by atoms with Crippen molar-refractivity contribution in [1.82, 2.24) is 9.78 Å². The molecule has 0 saturated carbocycles. The van der Waals surface area contributed by atoms with Crippen molar-refractivity contribution in [2.75, 3.05) is 5.73 Å². The summed E-state index contributed by atoms with van der Waals surface area (Å²) in [6.45, 7) is 1.75. The molecule has 0 bridgehead atoms. The van der Waals surface area contributed by atoms with Gasteiger partial charge in [-0.25, -0.2) is 13.1 Å². The highest BCUT2D eigenvalue weighted by Gasteiger charge is 2.15. The minimum atomic E-state index is -4.75. The Hall–Kier alpha value is -2.84. The highest BCUT2D eigenvalue weighted by Crippen LogP contribution is 2.31. The van der Waals surface area contributed by atoms with E-state index >= 15 is 0 Å². The molecule has 0 aliphatic carbocycles. The van der Waals surface area contributed by atoms with Crippen LogP contribution in [0.25, 0.3) is 5.69 Å². The SMILES string of the molecule is Cc1cc(N)n(-c2ccc(Oc3ccccc3)c(S(=O)(=O)[O-])c2)n1. The Bertz CT molecular complexity index is 982. The van der Waals surface area contributed by atoms with Crippen LogP contribution >= 0.6 is 0 Å². The summed E-state index contributed by atoms with van der Waals surface area (Å²) in [6, 6.07) is 14.4. The van der Waals surface area contributed by atoms with Gasteiger partial charge < -0.3 is 15.0 Å². The molecule has 0 amide bonds. The number of nitrogens with zero attached hydrogens (tertiary/aromatic N) is 2. The fraction of sp³-hybridized carbons (Fsp3) is 0.0625. The first-order valence-corrected chi connectivity index (χ1v) is 8.41. The summed E-state index contributed by atoms with van der Waals surface area (Å²) in [4.78, 5) is -0.476. The number of hydrogen-bond acceptors (Lipinski definition) is 6. The molecule has 0 aliphatic heterocycles. The Morgan fingerprint density at radius 1 is 1.12 bits per heavy atom. The van der Waals surface area contributed by atoms with Gasteiger partial charge in [0, 0.05) is 6.07 Å². The summed E-state index contributed by atoms with van der Waals surface area (Å²) in [5, 5.41) is 4.17. The maximum atomic E-state index is 11.6. The van der Waals surface area contributed by atoms with Crippen LogP contribution in [0, 0.1) is 6.92 Å². The third-order valence-electron chi connectivity index (χ3n) is 3.27. The van der Waals surface area contributed by atoms with E-state index < -0.39 is 15.0 Å². The van der Waals surface area contributed by atoms with E-state index in [-0.39, 0.29) is 5.75 Å². The van der Waals surface area contributed by atoms with Crippen molar-refractivity contribution in [3.05, 3.63) is 60.3 Å². The van der Waals surface area contributed by atoms with Gasteiger partial charge in [-0.1, -0.05) is 18.2 Å². The Morgan fingerprint density at radius 2 is 1.83 bits per heavy atom. The third kappa shape index (κ3) is 3.24. The molecule has 3 rings (SSSR count). The van der Waals surface area contributed by atoms with Crippen LogP contribution in [0.1, 0.15) is 5.69 Å². The zero-order valence-electron chi connectivity index (χ0n) is 12.7. The summed E-state index contributed by atoms with van der Waals surface area (Å²) in [5.74, 6) is 0.700. The fourth-order valence-electron chi connectivity index (χ4n) is 2.25. The fourth-order valence-corrected chi connectivity index (χ4v) is 2.87. The van der Waals surface area contributed by atoms with Gasteiger partial charge in [-0.2, -0.15) is 5.10 Å². The number of ether oxygens (including phenoxy) is 1. The van der Waals surface area contributed by atoms with Gasteiger partial charge in [0.25, 0.3) is 0 Å². The Morgan fingerprint density at radius 3 is 2.42 bits per heavy atom. The maximum absolute atomic E-state index is 11.6. The molecule has 0 unspecified atom stereocenters. The molecule has 0 atom stereocenters. The zero-order valence-corrected chi connectivity index (χ0v) is 13.5. The van der Waals surface area contributed by atoms with Crippen molar-refractivity contribution < 1.29 is 17.7 Å². The number of aromatic nitrogens is 2. The third-order valence-corrected chi connectivity index (χ3v) is 4.13. The molecule has 124 valence electrons. The molecule has 2 N–H and O–H groups in total. The van der Waals surface area contributed by atoms with Gasteiger partial charge in [-0.05, 0) is 37.3 Å². The molecule has 8 heteroatoms. The number of hydrogen-bond donors (Lipinski definition) is 1. The number of nitrogens with two attached hydrogens (primary N) is 1. The average molecular weight is 344 g/mol. The van der Waals surface area contributed by atoms with Gasteiger partial charge in [0.1, 0.15) is 27.4 Å². The lowest BCUT2D eigenvalue weighted by atomic mass is 10.3. The molecule has 7 nitrogen and oxygen atoms in total. The molecule has 0 radical (unpaired) electrons. The van der Waals surface area contributed by atoms with Gasteiger partial charge >= 0.3 is 0 Å². The minimum Gasteiger partial charge on any atom is -0.744 e. The van der Waals surface area contributed by atoms with Gasteiger partial charge in [-0.15, -0.1) is 0 Å². The smallest absolute Gasteiger partial charge is 0.145 e. The molecule has 2 aromatic carbocycles. The van der Waals surface area contributed by atoms with Crippen LogP contribution in [0.2, 0.25) is 0 Å². The van der Waals surface area contributed by atoms with Crippen LogP contribution in [0.5, 0.6) is 11.5 Å². The molecule has 3 aromatic rings. The van der Waals surface area contributed by atoms with Crippen LogP contribution in [-0.4, -0.2) is 22.8 Å². The Balaban J connectivity index is 2.10. The van der Waals surface area contributed by atoms with Crippen LogP contribution in [0.3, 0.4) is 0 Å². The molecular weight excluding hydrogens is 330 g/mol. The quantitative estimate of drug-likeness (QED) is 0.728. The first kappa shape index (κ1) is 16.0. The second-order valence-corrected chi connectivity index (χ2v) is 6.47. The standard InChI is InChI=1S/C16H15N3O4S/c1-11-9-16(17)19(18-11)12-7-8-14(15(10-12)24(20,21)22)23-13-5-3-2-4-6-13/h2-10H,17H2,1H3,(H,20,21,22)/p-1. The zero-order chi connectivity index (χ0) is 17.3. The number of benzene rings is 2. The molecule has 0 saturated heterocycles. The van der Waals surface area contributed by atoms with E-state index in [1.807, 2.05) is 0 Å². The second-order valence-electron chi connectivity index (χ2n) is 5.12. The Kier molecular flexibility index (Phi) is 4.00. The molecule has 1 heterocycles. The molecule has 1 aromatic heterocycles. The lowest BCUT2D eigenvalue weighted by Crippen LogP contribution is -2.06. The van der Waals surface area contributed by atoms with Crippen molar-refractivity contribution >= 4 is 15.9 Å². The van der Waals surface area contributed by atoms with Crippen molar-refractivity contribution in [1.29, 1.82) is 0 Å². The number of anilines is 1. The monoisotopic (exact) mass is 344 g/mol. The summed E-state index contributed by atoms with van der Waals surface area (Å²) in [6.07, 6.45) is 0. The number of rotatable bonds is 4. The molecular formula is C16H14N3O4S-. The number of nitrogen functional groups attached to an aromatic ring is 1. The van der Waals surface area contributed by atoms with E-state index in [0.717, 1.165) is 0 Å². The average Bonchev–Trinajstić information content (AvgIpc) is 2.86. The van der Waals surface area contributed by atoms with E-state index in [1.165, 1.54) is 16.8 Å². The summed E-state index contributed by atoms with van der Waals surface area (Å²) >= 11 is 0. The molecule has 0 aliphatic rings. The maximum Gasteiger partial charge on any atom is 0.145 e. The van der Waals surface area contributed by atoms with E-state index in [4.69, 9.17) is 10.5 Å². The van der Waals surface area contributed by atoms with Crippen LogP contribution in [0.15, 0.2) is 59.5 Å².